The zero-order valence-electron chi connectivity index (χ0n) is 11.2. The maximum absolute atomic E-state index is 12.5. The lowest BCUT2D eigenvalue weighted by Gasteiger charge is -2.19. The van der Waals surface area contributed by atoms with Crippen molar-refractivity contribution in [1.29, 1.82) is 0 Å². The monoisotopic (exact) mass is 330 g/mol. The number of carboxylic acids is 1. The molecule has 0 spiro atoms. The molecule has 0 bridgehead atoms. The van der Waals surface area contributed by atoms with E-state index in [4.69, 9.17) is 5.11 Å². The molecular weight excluding hydrogens is 316 g/mol. The molecular formula is C11H14N4O4S2. The Morgan fingerprint density at radius 3 is 2.86 bits per heavy atom. The Bertz CT molecular complexity index is 708. The van der Waals surface area contributed by atoms with Gasteiger partial charge >= 0.3 is 5.97 Å². The third-order valence-corrected chi connectivity index (χ3v) is 5.63. The number of hydrogen-bond donors (Lipinski definition) is 2. The zero-order valence-corrected chi connectivity index (χ0v) is 12.8. The molecule has 0 saturated carbocycles. The van der Waals surface area contributed by atoms with Crippen LogP contribution >= 0.6 is 11.3 Å². The molecule has 0 aliphatic carbocycles. The molecule has 8 nitrogen and oxygen atoms in total. The fourth-order valence-electron chi connectivity index (χ4n) is 1.80. The van der Waals surface area contributed by atoms with E-state index in [-0.39, 0.29) is 18.7 Å². The molecule has 0 radical (unpaired) electrons. The summed E-state index contributed by atoms with van der Waals surface area (Å²) < 4.78 is 26.2. The Kier molecular flexibility index (Phi) is 4.70. The van der Waals surface area contributed by atoms with Crippen LogP contribution in [-0.2, 0) is 16.4 Å². The van der Waals surface area contributed by atoms with E-state index in [1.165, 1.54) is 15.6 Å². The number of nitrogens with zero attached hydrogens (tertiary/aromatic N) is 3. The molecule has 10 heteroatoms. The molecule has 0 atom stereocenters. The largest absolute Gasteiger partial charge is 0.478 e. The van der Waals surface area contributed by atoms with Gasteiger partial charge in [0.2, 0.25) is 0 Å². The number of carbonyl (C=O) groups is 1. The van der Waals surface area contributed by atoms with Crippen LogP contribution < -0.4 is 0 Å². The van der Waals surface area contributed by atoms with Gasteiger partial charge in [-0.2, -0.15) is 9.40 Å². The van der Waals surface area contributed by atoms with Crippen molar-refractivity contribution in [2.24, 2.45) is 0 Å². The summed E-state index contributed by atoms with van der Waals surface area (Å²) in [6.45, 7) is 2.15. The van der Waals surface area contributed by atoms with Crippen molar-refractivity contribution in [3.8, 4) is 0 Å². The van der Waals surface area contributed by atoms with Crippen LogP contribution in [-0.4, -0.2) is 52.1 Å². The summed E-state index contributed by atoms with van der Waals surface area (Å²) in [4.78, 5) is 15.1. The lowest BCUT2D eigenvalue weighted by molar-refractivity contribution is 0.0692. The fraction of sp³-hybridized carbons (Fsp3) is 0.364. The average molecular weight is 330 g/mol. The Morgan fingerprint density at radius 1 is 1.52 bits per heavy atom. The molecule has 2 N–H and O–H groups in total. The molecule has 2 rings (SSSR count). The molecule has 0 amide bonds. The second kappa shape index (κ2) is 6.33. The molecule has 114 valence electrons. The van der Waals surface area contributed by atoms with Gasteiger partial charge in [-0.25, -0.2) is 18.2 Å². The number of H-pyrrole nitrogens is 1. The van der Waals surface area contributed by atoms with Gasteiger partial charge in [-0.3, -0.25) is 5.10 Å². The standard InChI is InChI=1S/C11H14N4O4S2/c1-2-15(5-3-9-12-4-6-20-9)21(18,19)10-8(11(16)17)7-13-14-10/h4,6-7H,2-3,5H2,1H3,(H,13,14)(H,16,17). The number of nitrogens with one attached hydrogen (secondary N) is 1. The number of sulfonamides is 1. The molecule has 0 unspecified atom stereocenters. The van der Waals surface area contributed by atoms with Crippen molar-refractivity contribution in [2.45, 2.75) is 18.4 Å². The van der Waals surface area contributed by atoms with Crippen LogP contribution in [0.1, 0.15) is 22.3 Å². The summed E-state index contributed by atoms with van der Waals surface area (Å²) in [6.07, 6.45) is 3.12. The zero-order chi connectivity index (χ0) is 15.5. The number of rotatable bonds is 7. The van der Waals surface area contributed by atoms with Crippen LogP contribution in [0.2, 0.25) is 0 Å². The third-order valence-electron chi connectivity index (χ3n) is 2.84. The highest BCUT2D eigenvalue weighted by atomic mass is 32.2. The molecule has 2 heterocycles. The summed E-state index contributed by atoms with van der Waals surface area (Å²) in [5, 5.41) is 17.0. The van der Waals surface area contributed by atoms with Crippen LogP contribution in [0.3, 0.4) is 0 Å². The van der Waals surface area contributed by atoms with E-state index in [1.807, 2.05) is 5.38 Å². The minimum absolute atomic E-state index is 0.227. The van der Waals surface area contributed by atoms with E-state index in [9.17, 15) is 13.2 Å². The van der Waals surface area contributed by atoms with E-state index < -0.39 is 21.0 Å². The first-order valence-corrected chi connectivity index (χ1v) is 8.44. The number of thiazole rings is 1. The maximum atomic E-state index is 12.5. The van der Waals surface area contributed by atoms with Crippen LogP contribution in [0.15, 0.2) is 22.8 Å². The number of aromatic carboxylic acids is 1. The summed E-state index contributed by atoms with van der Waals surface area (Å²) in [6, 6.07) is 0. The quantitative estimate of drug-likeness (QED) is 0.776. The second-order valence-corrected chi connectivity index (χ2v) is 6.94. The minimum Gasteiger partial charge on any atom is -0.478 e. The summed E-state index contributed by atoms with van der Waals surface area (Å²) >= 11 is 1.44. The van der Waals surface area contributed by atoms with E-state index in [0.717, 1.165) is 11.2 Å². The van der Waals surface area contributed by atoms with Crippen molar-refractivity contribution in [2.75, 3.05) is 13.1 Å². The van der Waals surface area contributed by atoms with Crippen LogP contribution in [0.5, 0.6) is 0 Å². The first kappa shape index (κ1) is 15.6. The van der Waals surface area contributed by atoms with Gasteiger partial charge in [0.1, 0.15) is 5.56 Å². The number of carboxylic acid groups (broad SMARTS) is 1. The number of likely N-dealkylation sites (N-methyl/N-ethyl adjacent to an activating group) is 1. The number of aromatic nitrogens is 3. The van der Waals surface area contributed by atoms with Crippen LogP contribution in [0, 0.1) is 0 Å². The molecule has 2 aromatic heterocycles. The van der Waals surface area contributed by atoms with Crippen molar-refractivity contribution in [3.05, 3.63) is 28.3 Å². The van der Waals surface area contributed by atoms with Gasteiger partial charge in [0.25, 0.3) is 10.0 Å². The summed E-state index contributed by atoms with van der Waals surface area (Å²) in [5.74, 6) is -1.33. The third kappa shape index (κ3) is 3.28. The van der Waals surface area contributed by atoms with Gasteiger partial charge in [0.05, 0.1) is 11.2 Å². The Balaban J connectivity index is 2.23. The van der Waals surface area contributed by atoms with Gasteiger partial charge < -0.3 is 5.11 Å². The lowest BCUT2D eigenvalue weighted by atomic mass is 10.4. The minimum atomic E-state index is -3.93. The molecule has 0 aliphatic rings. The average Bonchev–Trinajstić information content (AvgIpc) is 3.10. The van der Waals surface area contributed by atoms with Gasteiger partial charge in [-0.05, 0) is 0 Å². The van der Waals surface area contributed by atoms with Gasteiger partial charge in [0, 0.05) is 31.1 Å². The summed E-state index contributed by atoms with van der Waals surface area (Å²) in [5.41, 5.74) is -0.359. The predicted octanol–water partition coefficient (Wildman–Crippen LogP) is 0.818. The van der Waals surface area contributed by atoms with Gasteiger partial charge in [-0.1, -0.05) is 6.92 Å². The Labute approximate surface area is 125 Å². The molecule has 2 aromatic rings. The van der Waals surface area contributed by atoms with Crippen molar-refractivity contribution in [3.63, 3.8) is 0 Å². The first-order valence-electron chi connectivity index (χ1n) is 6.12. The van der Waals surface area contributed by atoms with Crippen molar-refractivity contribution in [1.82, 2.24) is 19.5 Å². The highest BCUT2D eigenvalue weighted by molar-refractivity contribution is 7.89. The molecule has 0 aliphatic heterocycles. The van der Waals surface area contributed by atoms with Crippen molar-refractivity contribution < 1.29 is 18.3 Å². The van der Waals surface area contributed by atoms with Crippen LogP contribution in [0.4, 0.5) is 0 Å². The molecule has 21 heavy (non-hydrogen) atoms. The van der Waals surface area contributed by atoms with E-state index >= 15 is 0 Å². The van der Waals surface area contributed by atoms with Gasteiger partial charge in [-0.15, -0.1) is 11.3 Å². The summed E-state index contributed by atoms with van der Waals surface area (Å²) in [7, 11) is -3.93. The maximum Gasteiger partial charge on any atom is 0.340 e. The highest BCUT2D eigenvalue weighted by Crippen LogP contribution is 2.18. The molecule has 0 fully saturated rings. The second-order valence-electron chi connectivity index (χ2n) is 4.09. The number of aromatic amines is 1. The Hall–Kier alpha value is -1.78. The normalized spacial score (nSPS) is 11.9. The first-order chi connectivity index (χ1) is 9.96. The van der Waals surface area contributed by atoms with E-state index in [1.54, 1.807) is 13.1 Å². The SMILES string of the molecule is CCN(CCc1nccs1)S(=O)(=O)c1[nH]ncc1C(=O)O. The molecule has 0 aromatic carbocycles. The number of hydrogen-bond acceptors (Lipinski definition) is 6. The van der Waals surface area contributed by atoms with Crippen molar-refractivity contribution >= 4 is 27.3 Å². The lowest BCUT2D eigenvalue weighted by Crippen LogP contribution is -2.34. The topological polar surface area (TPSA) is 116 Å². The predicted molar refractivity (Wildman–Crippen MR) is 75.8 cm³/mol. The smallest absolute Gasteiger partial charge is 0.340 e. The van der Waals surface area contributed by atoms with E-state index in [2.05, 4.69) is 15.2 Å². The van der Waals surface area contributed by atoms with E-state index in [0.29, 0.717) is 6.42 Å². The fourth-order valence-corrected chi connectivity index (χ4v) is 3.92. The Morgan fingerprint density at radius 2 is 2.29 bits per heavy atom. The van der Waals surface area contributed by atoms with Crippen LogP contribution in [0.25, 0.3) is 0 Å². The molecule has 0 saturated heterocycles. The highest BCUT2D eigenvalue weighted by Gasteiger charge is 2.30. The van der Waals surface area contributed by atoms with Gasteiger partial charge in [0.15, 0.2) is 5.03 Å².